The first kappa shape index (κ1) is 15.2. The Morgan fingerprint density at radius 3 is 2.73 bits per heavy atom. The summed E-state index contributed by atoms with van der Waals surface area (Å²) in [5.41, 5.74) is 0.233. The maximum Gasteiger partial charge on any atom is 0.445 e. The van der Waals surface area contributed by atoms with E-state index in [1.807, 2.05) is 13.1 Å². The van der Waals surface area contributed by atoms with Crippen molar-refractivity contribution in [2.45, 2.75) is 18.7 Å². The molecule has 0 amide bonds. The lowest BCUT2D eigenvalue weighted by atomic mass is 9.97. The third-order valence-electron chi connectivity index (χ3n) is 3.52. The molecule has 22 heavy (non-hydrogen) atoms. The smallest absolute Gasteiger partial charge is 0.367 e. The molecule has 1 fully saturated rings. The molecule has 0 bridgehead atoms. The van der Waals surface area contributed by atoms with Crippen LogP contribution in [0.4, 0.5) is 18.3 Å². The van der Waals surface area contributed by atoms with Crippen molar-refractivity contribution < 1.29 is 17.9 Å². The number of nitrogens with zero attached hydrogens (tertiary/aromatic N) is 5. The predicted molar refractivity (Wildman–Crippen MR) is 73.6 cm³/mol. The molecule has 0 spiro atoms. The van der Waals surface area contributed by atoms with Crippen molar-refractivity contribution in [3.63, 3.8) is 0 Å². The van der Waals surface area contributed by atoms with Crippen LogP contribution in [0, 0.1) is 0 Å². The first-order valence-electron chi connectivity index (χ1n) is 6.57. The van der Waals surface area contributed by atoms with E-state index in [4.69, 9.17) is 4.74 Å². The van der Waals surface area contributed by atoms with Crippen LogP contribution >= 0.6 is 11.3 Å². The average molecular weight is 333 g/mol. The molecule has 0 N–H and O–H groups in total. The molecule has 2 aromatic rings. The Bertz CT molecular complexity index is 670. The number of aryl methyl sites for hydroxylation is 1. The number of ether oxygens (including phenoxy) is 1. The van der Waals surface area contributed by atoms with Crippen molar-refractivity contribution in [3.8, 4) is 0 Å². The Hall–Kier alpha value is -1.68. The number of anilines is 1. The van der Waals surface area contributed by atoms with Crippen LogP contribution < -0.4 is 4.90 Å². The zero-order valence-electron chi connectivity index (χ0n) is 12.0. The van der Waals surface area contributed by atoms with Crippen molar-refractivity contribution in [2.24, 2.45) is 7.05 Å². The van der Waals surface area contributed by atoms with Gasteiger partial charge in [-0.15, -0.1) is 10.2 Å². The highest BCUT2D eigenvalue weighted by Crippen LogP contribution is 2.37. The van der Waals surface area contributed by atoms with Gasteiger partial charge in [-0.05, 0) is 6.92 Å². The van der Waals surface area contributed by atoms with Crippen LogP contribution in [0.25, 0.3) is 0 Å². The zero-order valence-corrected chi connectivity index (χ0v) is 12.8. The highest BCUT2D eigenvalue weighted by atomic mass is 32.1. The molecular formula is C12H14F3N5OS. The number of hydrogen-bond acceptors (Lipinski definition) is 6. The summed E-state index contributed by atoms with van der Waals surface area (Å²) in [6, 6.07) is 0. The highest BCUT2D eigenvalue weighted by molar-refractivity contribution is 7.15. The lowest BCUT2D eigenvalue weighted by Gasteiger charge is -2.39. The number of alkyl halides is 3. The van der Waals surface area contributed by atoms with E-state index in [9.17, 15) is 13.2 Å². The summed E-state index contributed by atoms with van der Waals surface area (Å²) < 4.78 is 45.4. The fraction of sp³-hybridized carbons (Fsp3) is 0.583. The molecule has 0 aromatic carbocycles. The molecule has 1 aliphatic rings. The van der Waals surface area contributed by atoms with Crippen molar-refractivity contribution in [1.82, 2.24) is 20.0 Å². The molecule has 0 aliphatic carbocycles. The monoisotopic (exact) mass is 333 g/mol. The van der Waals surface area contributed by atoms with Crippen molar-refractivity contribution in [3.05, 3.63) is 23.0 Å². The van der Waals surface area contributed by atoms with Crippen molar-refractivity contribution in [1.29, 1.82) is 0 Å². The topological polar surface area (TPSA) is 56.1 Å². The molecule has 1 saturated heterocycles. The number of halogens is 3. The largest absolute Gasteiger partial charge is 0.445 e. The third-order valence-corrected chi connectivity index (χ3v) is 4.55. The summed E-state index contributed by atoms with van der Waals surface area (Å²) >= 11 is 0.550. The van der Waals surface area contributed by atoms with Crippen LogP contribution in [0.5, 0.6) is 0 Å². The van der Waals surface area contributed by atoms with Gasteiger partial charge < -0.3 is 9.64 Å². The number of morpholine rings is 1. The second-order valence-electron chi connectivity index (χ2n) is 5.29. The van der Waals surface area contributed by atoms with Gasteiger partial charge >= 0.3 is 6.18 Å². The minimum atomic E-state index is -4.46. The third kappa shape index (κ3) is 2.80. The van der Waals surface area contributed by atoms with Crippen LogP contribution in [-0.2, 0) is 23.6 Å². The van der Waals surface area contributed by atoms with Crippen LogP contribution in [0.15, 0.2) is 12.4 Å². The van der Waals surface area contributed by atoms with E-state index in [2.05, 4.69) is 15.3 Å². The highest BCUT2D eigenvalue weighted by Gasteiger charge is 2.39. The Morgan fingerprint density at radius 2 is 2.14 bits per heavy atom. The molecule has 1 aliphatic heterocycles. The summed E-state index contributed by atoms with van der Waals surface area (Å²) in [6.45, 7) is 3.15. The van der Waals surface area contributed by atoms with E-state index in [1.165, 1.54) is 0 Å². The van der Waals surface area contributed by atoms with E-state index in [-0.39, 0.29) is 5.13 Å². The first-order valence-corrected chi connectivity index (χ1v) is 7.38. The molecule has 3 heterocycles. The average Bonchev–Trinajstić information content (AvgIpc) is 3.06. The summed E-state index contributed by atoms with van der Waals surface area (Å²) in [4.78, 5) is 1.77. The molecule has 6 nitrogen and oxygen atoms in total. The minimum absolute atomic E-state index is 0.255. The molecule has 1 atom stereocenters. The molecular weight excluding hydrogens is 319 g/mol. The molecule has 120 valence electrons. The molecule has 0 radical (unpaired) electrons. The van der Waals surface area contributed by atoms with Gasteiger partial charge in [0, 0.05) is 25.4 Å². The second-order valence-corrected chi connectivity index (χ2v) is 6.25. The Labute approximate surface area is 128 Å². The van der Waals surface area contributed by atoms with Crippen LogP contribution in [0.2, 0.25) is 0 Å². The molecule has 3 rings (SSSR count). The molecule has 1 unspecified atom stereocenters. The fourth-order valence-electron chi connectivity index (χ4n) is 2.36. The van der Waals surface area contributed by atoms with Gasteiger partial charge in [-0.3, -0.25) is 4.68 Å². The van der Waals surface area contributed by atoms with Gasteiger partial charge in [0.15, 0.2) is 0 Å². The van der Waals surface area contributed by atoms with Crippen molar-refractivity contribution >= 4 is 16.5 Å². The Morgan fingerprint density at radius 1 is 1.36 bits per heavy atom. The maximum absolute atomic E-state index is 12.6. The lowest BCUT2D eigenvalue weighted by Crippen LogP contribution is -2.48. The molecule has 2 aromatic heterocycles. The van der Waals surface area contributed by atoms with Gasteiger partial charge in [0.25, 0.3) is 0 Å². The van der Waals surface area contributed by atoms with Gasteiger partial charge in [0.05, 0.1) is 19.3 Å². The van der Waals surface area contributed by atoms with E-state index in [0.717, 1.165) is 5.56 Å². The molecule has 10 heteroatoms. The Kier molecular flexibility index (Phi) is 3.60. The van der Waals surface area contributed by atoms with Gasteiger partial charge in [0.1, 0.15) is 5.60 Å². The first-order chi connectivity index (χ1) is 10.3. The summed E-state index contributed by atoms with van der Waals surface area (Å²) in [7, 11) is 1.80. The standard InChI is InChI=1S/C12H14F3N5OS/c1-11(8-5-16-19(2)6-8)7-20(3-4-21-11)10-18-17-9(22-10)12(13,14)15/h5-6H,3-4,7H2,1-2H3. The zero-order chi connectivity index (χ0) is 16.0. The van der Waals surface area contributed by atoms with Crippen molar-refractivity contribution in [2.75, 3.05) is 24.6 Å². The van der Waals surface area contributed by atoms with Crippen LogP contribution in [0.1, 0.15) is 17.5 Å². The summed E-state index contributed by atoms with van der Waals surface area (Å²) in [5.74, 6) is 0. The van der Waals surface area contributed by atoms with Gasteiger partial charge in [-0.1, -0.05) is 11.3 Å². The maximum atomic E-state index is 12.6. The normalized spacial score (nSPS) is 23.0. The van der Waals surface area contributed by atoms with Gasteiger partial charge in [-0.25, -0.2) is 0 Å². The second kappa shape index (κ2) is 5.20. The number of hydrogen-bond donors (Lipinski definition) is 0. The van der Waals surface area contributed by atoms with E-state index >= 15 is 0 Å². The SMILES string of the molecule is Cn1cc(C2(C)CN(c3nnc(C(F)(F)F)s3)CCO2)cn1. The Balaban J connectivity index is 1.82. The van der Waals surface area contributed by atoms with E-state index in [0.29, 0.717) is 31.0 Å². The summed E-state index contributed by atoms with van der Waals surface area (Å²) in [6.07, 6.45) is -0.926. The minimum Gasteiger partial charge on any atom is -0.367 e. The predicted octanol–water partition coefficient (Wildman–Crippen LogP) is 2.04. The van der Waals surface area contributed by atoms with Gasteiger partial charge in [0.2, 0.25) is 10.1 Å². The molecule has 0 saturated carbocycles. The number of rotatable bonds is 2. The van der Waals surface area contributed by atoms with Gasteiger partial charge in [-0.2, -0.15) is 18.3 Å². The quantitative estimate of drug-likeness (QED) is 0.842. The van der Waals surface area contributed by atoms with E-state index in [1.54, 1.807) is 22.8 Å². The summed E-state index contributed by atoms with van der Waals surface area (Å²) in [5, 5.41) is 10.3. The lowest BCUT2D eigenvalue weighted by molar-refractivity contribution is -0.138. The number of aromatic nitrogens is 4. The van der Waals surface area contributed by atoms with Crippen LogP contribution in [-0.4, -0.2) is 39.7 Å². The fourth-order valence-corrected chi connectivity index (χ4v) is 3.10. The van der Waals surface area contributed by atoms with Crippen LogP contribution in [0.3, 0.4) is 0 Å². The van der Waals surface area contributed by atoms with E-state index < -0.39 is 16.8 Å².